The molecule has 0 saturated heterocycles. The Hall–Kier alpha value is -1.10. The summed E-state index contributed by atoms with van der Waals surface area (Å²) >= 11 is 0. The van der Waals surface area contributed by atoms with Gasteiger partial charge in [-0.25, -0.2) is 0 Å². The van der Waals surface area contributed by atoms with E-state index in [1.807, 2.05) is 0 Å². The molecule has 5 heteroatoms. The van der Waals surface area contributed by atoms with Crippen molar-refractivity contribution in [1.82, 2.24) is 5.32 Å². The van der Waals surface area contributed by atoms with Gasteiger partial charge in [0, 0.05) is 0 Å². The standard InChI is InChI=1S/C8H15NO4/c1-4-13-8(12)6(3)9-5(2)7(10)11/h5-6,9H,4H2,1-3H3,(H,10,11)/t5-,6?/m0/s1. The van der Waals surface area contributed by atoms with Gasteiger partial charge in [-0.1, -0.05) is 0 Å². The smallest absolute Gasteiger partial charge is 0.322 e. The second-order valence-electron chi connectivity index (χ2n) is 2.70. The number of rotatable bonds is 5. The quantitative estimate of drug-likeness (QED) is 0.595. The minimum atomic E-state index is -0.990. The molecule has 0 aliphatic rings. The van der Waals surface area contributed by atoms with Gasteiger partial charge in [0.15, 0.2) is 0 Å². The molecule has 0 bridgehead atoms. The van der Waals surface area contributed by atoms with E-state index in [-0.39, 0.29) is 0 Å². The van der Waals surface area contributed by atoms with Gasteiger partial charge in [0.05, 0.1) is 6.61 Å². The average molecular weight is 189 g/mol. The zero-order chi connectivity index (χ0) is 10.4. The molecule has 0 amide bonds. The van der Waals surface area contributed by atoms with Crippen LogP contribution >= 0.6 is 0 Å². The average Bonchev–Trinajstić information content (AvgIpc) is 2.04. The summed E-state index contributed by atoms with van der Waals surface area (Å²) in [5.74, 6) is -1.42. The lowest BCUT2D eigenvalue weighted by Crippen LogP contribution is -2.44. The van der Waals surface area contributed by atoms with Crippen LogP contribution in [0, 0.1) is 0 Å². The molecule has 0 radical (unpaired) electrons. The maximum absolute atomic E-state index is 11.0. The maximum atomic E-state index is 11.0. The molecule has 0 aliphatic heterocycles. The molecule has 0 spiro atoms. The summed E-state index contributed by atoms with van der Waals surface area (Å²) in [7, 11) is 0. The summed E-state index contributed by atoms with van der Waals surface area (Å²) in [6.07, 6.45) is 0. The first kappa shape index (κ1) is 11.9. The van der Waals surface area contributed by atoms with Crippen molar-refractivity contribution in [1.29, 1.82) is 0 Å². The highest BCUT2D eigenvalue weighted by atomic mass is 16.5. The van der Waals surface area contributed by atoms with E-state index in [0.717, 1.165) is 0 Å². The molecular weight excluding hydrogens is 174 g/mol. The molecule has 2 N–H and O–H groups in total. The van der Waals surface area contributed by atoms with Crippen molar-refractivity contribution in [3.05, 3.63) is 0 Å². The molecule has 0 aliphatic carbocycles. The number of hydrogen-bond donors (Lipinski definition) is 2. The Bertz CT molecular complexity index is 193. The Kier molecular flexibility index (Phi) is 5.06. The molecule has 0 saturated carbocycles. The predicted octanol–water partition coefficient (Wildman–Crippen LogP) is 0.000700. The third-order valence-electron chi connectivity index (χ3n) is 1.51. The highest BCUT2D eigenvalue weighted by Crippen LogP contribution is 1.91. The number of aliphatic carboxylic acids is 1. The number of carboxylic acid groups (broad SMARTS) is 1. The molecule has 1 unspecified atom stereocenters. The number of hydrogen-bond acceptors (Lipinski definition) is 4. The Labute approximate surface area is 77.1 Å². The summed E-state index contributed by atoms with van der Waals surface area (Å²) in [6.45, 7) is 5.03. The predicted molar refractivity (Wildman–Crippen MR) is 46.3 cm³/mol. The van der Waals surface area contributed by atoms with Gasteiger partial charge in [0.25, 0.3) is 0 Å². The Morgan fingerprint density at radius 2 is 1.92 bits per heavy atom. The van der Waals surface area contributed by atoms with Gasteiger partial charge in [0.2, 0.25) is 0 Å². The van der Waals surface area contributed by atoms with Crippen LogP contribution in [-0.4, -0.2) is 35.7 Å². The molecule has 13 heavy (non-hydrogen) atoms. The summed E-state index contributed by atoms with van der Waals surface area (Å²) in [5.41, 5.74) is 0. The zero-order valence-corrected chi connectivity index (χ0v) is 8.03. The summed E-state index contributed by atoms with van der Waals surface area (Å²) in [4.78, 5) is 21.4. The minimum absolute atomic E-state index is 0.298. The van der Waals surface area contributed by atoms with Crippen molar-refractivity contribution in [2.45, 2.75) is 32.9 Å². The second-order valence-corrected chi connectivity index (χ2v) is 2.70. The molecule has 0 rings (SSSR count). The third-order valence-corrected chi connectivity index (χ3v) is 1.51. The number of ether oxygens (including phenoxy) is 1. The van der Waals surface area contributed by atoms with Crippen molar-refractivity contribution in [2.24, 2.45) is 0 Å². The first-order valence-electron chi connectivity index (χ1n) is 4.14. The molecule has 76 valence electrons. The van der Waals surface area contributed by atoms with Gasteiger partial charge in [-0.05, 0) is 20.8 Å². The highest BCUT2D eigenvalue weighted by molar-refractivity contribution is 5.78. The number of carbonyl (C=O) groups excluding carboxylic acids is 1. The van der Waals surface area contributed by atoms with Crippen LogP contribution in [0.25, 0.3) is 0 Å². The van der Waals surface area contributed by atoms with Crippen LogP contribution in [0.15, 0.2) is 0 Å². The van der Waals surface area contributed by atoms with E-state index >= 15 is 0 Å². The summed E-state index contributed by atoms with van der Waals surface area (Å²) in [6, 6.07) is -1.34. The van der Waals surface area contributed by atoms with Crippen LogP contribution in [-0.2, 0) is 14.3 Å². The topological polar surface area (TPSA) is 75.6 Å². The van der Waals surface area contributed by atoms with E-state index in [2.05, 4.69) is 10.1 Å². The normalized spacial score (nSPS) is 14.7. The van der Waals surface area contributed by atoms with Crippen LogP contribution in [0.4, 0.5) is 0 Å². The van der Waals surface area contributed by atoms with Gasteiger partial charge >= 0.3 is 11.9 Å². The zero-order valence-electron chi connectivity index (χ0n) is 8.03. The molecule has 0 aromatic rings. The largest absolute Gasteiger partial charge is 0.480 e. The molecule has 0 fully saturated rings. The van der Waals surface area contributed by atoms with Crippen LogP contribution in [0.2, 0.25) is 0 Å². The van der Waals surface area contributed by atoms with Crippen molar-refractivity contribution < 1.29 is 19.4 Å². The summed E-state index contributed by atoms with van der Waals surface area (Å²) in [5, 5.41) is 11.1. The molecular formula is C8H15NO4. The van der Waals surface area contributed by atoms with Crippen molar-refractivity contribution in [3.8, 4) is 0 Å². The lowest BCUT2D eigenvalue weighted by atomic mass is 10.2. The first-order valence-corrected chi connectivity index (χ1v) is 4.14. The highest BCUT2D eigenvalue weighted by Gasteiger charge is 2.19. The molecule has 5 nitrogen and oxygen atoms in total. The fraction of sp³-hybridized carbons (Fsp3) is 0.750. The fourth-order valence-electron chi connectivity index (χ4n) is 0.782. The maximum Gasteiger partial charge on any atom is 0.322 e. The second kappa shape index (κ2) is 5.53. The van der Waals surface area contributed by atoms with Gasteiger partial charge < -0.3 is 9.84 Å². The van der Waals surface area contributed by atoms with E-state index in [4.69, 9.17) is 5.11 Å². The lowest BCUT2D eigenvalue weighted by Gasteiger charge is -2.15. The van der Waals surface area contributed by atoms with E-state index in [1.54, 1.807) is 13.8 Å². The molecule has 0 aromatic heterocycles. The van der Waals surface area contributed by atoms with Crippen LogP contribution < -0.4 is 5.32 Å². The van der Waals surface area contributed by atoms with Crippen molar-refractivity contribution in [3.63, 3.8) is 0 Å². The van der Waals surface area contributed by atoms with Gasteiger partial charge in [-0.15, -0.1) is 0 Å². The number of carbonyl (C=O) groups is 2. The monoisotopic (exact) mass is 189 g/mol. The lowest BCUT2D eigenvalue weighted by molar-refractivity contribution is -0.146. The van der Waals surface area contributed by atoms with E-state index < -0.39 is 24.0 Å². The van der Waals surface area contributed by atoms with Crippen molar-refractivity contribution in [2.75, 3.05) is 6.61 Å². The molecule has 2 atom stereocenters. The molecule has 0 aromatic carbocycles. The van der Waals surface area contributed by atoms with Gasteiger partial charge in [0.1, 0.15) is 12.1 Å². The third kappa shape index (κ3) is 4.47. The van der Waals surface area contributed by atoms with Gasteiger partial charge in [-0.2, -0.15) is 0 Å². The van der Waals surface area contributed by atoms with Gasteiger partial charge in [-0.3, -0.25) is 14.9 Å². The first-order chi connectivity index (χ1) is 5.99. The number of esters is 1. The van der Waals surface area contributed by atoms with E-state index in [9.17, 15) is 9.59 Å². The fourth-order valence-corrected chi connectivity index (χ4v) is 0.782. The van der Waals surface area contributed by atoms with Crippen LogP contribution in [0.1, 0.15) is 20.8 Å². The Morgan fingerprint density at radius 3 is 2.31 bits per heavy atom. The van der Waals surface area contributed by atoms with E-state index in [0.29, 0.717) is 6.61 Å². The SMILES string of the molecule is CCOC(=O)C(C)N[C@@H](C)C(=O)O. The van der Waals surface area contributed by atoms with E-state index in [1.165, 1.54) is 6.92 Å². The Morgan fingerprint density at radius 1 is 1.38 bits per heavy atom. The summed E-state index contributed by atoms with van der Waals surface area (Å²) < 4.78 is 4.69. The van der Waals surface area contributed by atoms with Crippen LogP contribution in [0.3, 0.4) is 0 Å². The number of carboxylic acids is 1. The molecule has 0 heterocycles. The van der Waals surface area contributed by atoms with Crippen LogP contribution in [0.5, 0.6) is 0 Å². The van der Waals surface area contributed by atoms with Crippen molar-refractivity contribution >= 4 is 11.9 Å². The number of nitrogens with one attached hydrogen (secondary N) is 1. The minimum Gasteiger partial charge on any atom is -0.480 e. The Balaban J connectivity index is 3.92.